The molecule has 2 aliphatic rings. The molecule has 194 valence electrons. The van der Waals surface area contributed by atoms with Crippen molar-refractivity contribution in [3.8, 4) is 11.6 Å². The summed E-state index contributed by atoms with van der Waals surface area (Å²) >= 11 is 0. The van der Waals surface area contributed by atoms with Gasteiger partial charge in [-0.15, -0.1) is 0 Å². The van der Waals surface area contributed by atoms with Gasteiger partial charge in [-0.2, -0.15) is 0 Å². The summed E-state index contributed by atoms with van der Waals surface area (Å²) in [7, 11) is 0. The van der Waals surface area contributed by atoms with E-state index in [2.05, 4.69) is 27.1 Å². The van der Waals surface area contributed by atoms with Gasteiger partial charge in [-0.05, 0) is 76.6 Å². The number of piperidine rings is 2. The topological polar surface area (TPSA) is 96.9 Å². The molecular weight excluding hydrogens is 458 g/mol. The summed E-state index contributed by atoms with van der Waals surface area (Å²) in [6.45, 7) is 10.8. The van der Waals surface area contributed by atoms with E-state index in [1.807, 2.05) is 20.8 Å². The second kappa shape index (κ2) is 11.1. The Morgan fingerprint density at radius 2 is 1.58 bits per heavy atom. The summed E-state index contributed by atoms with van der Waals surface area (Å²) in [5.41, 5.74) is 0.0418. The minimum absolute atomic E-state index is 0.0153. The lowest BCUT2D eigenvalue weighted by Crippen LogP contribution is -2.47. The number of ether oxygens (including phenoxy) is 2. The van der Waals surface area contributed by atoms with Gasteiger partial charge in [0.1, 0.15) is 11.4 Å². The first kappa shape index (κ1) is 25.7. The zero-order valence-corrected chi connectivity index (χ0v) is 21.7. The van der Waals surface area contributed by atoms with Gasteiger partial charge in [-0.3, -0.25) is 4.79 Å². The van der Waals surface area contributed by atoms with Crippen LogP contribution in [0.2, 0.25) is 0 Å². The van der Waals surface area contributed by atoms with Crippen LogP contribution < -0.4 is 15.0 Å². The molecule has 2 saturated heterocycles. The SMILES string of the molecule is CC1CCN(c2nccnc2Oc2ccc(C(=O)NC3CCN(C(=O)OC(C)(C)C)CC3)cc2)CC1. The molecule has 0 radical (unpaired) electrons. The third-order valence-corrected chi connectivity index (χ3v) is 6.54. The molecule has 1 N–H and O–H groups in total. The Labute approximate surface area is 213 Å². The first-order valence-corrected chi connectivity index (χ1v) is 12.8. The highest BCUT2D eigenvalue weighted by Gasteiger charge is 2.28. The number of nitrogens with one attached hydrogen (secondary N) is 1. The molecule has 0 unspecified atom stereocenters. The number of anilines is 1. The number of aromatic nitrogens is 2. The van der Waals surface area contributed by atoms with Crippen molar-refractivity contribution in [3.63, 3.8) is 0 Å². The van der Waals surface area contributed by atoms with Crippen LogP contribution in [0.5, 0.6) is 11.6 Å². The molecule has 3 heterocycles. The Morgan fingerprint density at radius 1 is 0.944 bits per heavy atom. The van der Waals surface area contributed by atoms with Crippen LogP contribution in [-0.4, -0.2) is 64.7 Å². The normalized spacial score (nSPS) is 17.6. The van der Waals surface area contributed by atoms with Gasteiger partial charge in [0.25, 0.3) is 11.8 Å². The number of hydrogen-bond acceptors (Lipinski definition) is 7. The Bertz CT molecular complexity index is 1040. The molecule has 0 bridgehead atoms. The summed E-state index contributed by atoms with van der Waals surface area (Å²) in [6.07, 6.45) is 6.64. The average molecular weight is 496 g/mol. The summed E-state index contributed by atoms with van der Waals surface area (Å²) in [4.78, 5) is 37.9. The van der Waals surface area contributed by atoms with Crippen LogP contribution in [0.15, 0.2) is 36.7 Å². The van der Waals surface area contributed by atoms with E-state index in [-0.39, 0.29) is 18.0 Å². The molecule has 0 spiro atoms. The fourth-order valence-corrected chi connectivity index (χ4v) is 4.41. The molecular formula is C27H37N5O4. The molecule has 36 heavy (non-hydrogen) atoms. The van der Waals surface area contributed by atoms with Gasteiger partial charge in [0.15, 0.2) is 5.82 Å². The van der Waals surface area contributed by atoms with Crippen molar-refractivity contribution in [3.05, 3.63) is 42.2 Å². The van der Waals surface area contributed by atoms with E-state index in [0.29, 0.717) is 43.1 Å². The summed E-state index contributed by atoms with van der Waals surface area (Å²) in [5.74, 6) is 2.41. The summed E-state index contributed by atoms with van der Waals surface area (Å²) < 4.78 is 11.5. The first-order chi connectivity index (χ1) is 17.2. The van der Waals surface area contributed by atoms with Gasteiger partial charge >= 0.3 is 6.09 Å². The van der Waals surface area contributed by atoms with Crippen LogP contribution in [0, 0.1) is 5.92 Å². The van der Waals surface area contributed by atoms with E-state index < -0.39 is 5.60 Å². The van der Waals surface area contributed by atoms with Crippen molar-refractivity contribution in [2.45, 2.75) is 65.0 Å². The van der Waals surface area contributed by atoms with Crippen molar-refractivity contribution in [1.82, 2.24) is 20.2 Å². The van der Waals surface area contributed by atoms with Crippen LogP contribution >= 0.6 is 0 Å². The maximum Gasteiger partial charge on any atom is 0.410 e. The number of hydrogen-bond donors (Lipinski definition) is 1. The number of likely N-dealkylation sites (tertiary alicyclic amines) is 1. The van der Waals surface area contributed by atoms with E-state index in [4.69, 9.17) is 9.47 Å². The molecule has 0 saturated carbocycles. The van der Waals surface area contributed by atoms with Crippen molar-refractivity contribution in [2.24, 2.45) is 5.92 Å². The fourth-order valence-electron chi connectivity index (χ4n) is 4.41. The van der Waals surface area contributed by atoms with Gasteiger partial charge in [-0.1, -0.05) is 6.92 Å². The van der Waals surface area contributed by atoms with E-state index >= 15 is 0 Å². The second-order valence-electron chi connectivity index (χ2n) is 10.7. The van der Waals surface area contributed by atoms with Crippen molar-refractivity contribution in [1.29, 1.82) is 0 Å². The minimum Gasteiger partial charge on any atom is -0.444 e. The lowest BCUT2D eigenvalue weighted by Gasteiger charge is -2.33. The van der Waals surface area contributed by atoms with Gasteiger partial charge in [-0.25, -0.2) is 14.8 Å². The molecule has 2 fully saturated rings. The zero-order valence-electron chi connectivity index (χ0n) is 21.7. The number of benzene rings is 1. The predicted molar refractivity (Wildman–Crippen MR) is 137 cm³/mol. The fraction of sp³-hybridized carbons (Fsp3) is 0.556. The lowest BCUT2D eigenvalue weighted by molar-refractivity contribution is 0.0199. The van der Waals surface area contributed by atoms with Crippen molar-refractivity contribution >= 4 is 17.8 Å². The zero-order chi connectivity index (χ0) is 25.7. The molecule has 9 heteroatoms. The smallest absolute Gasteiger partial charge is 0.410 e. The Balaban J connectivity index is 1.30. The summed E-state index contributed by atoms with van der Waals surface area (Å²) in [5, 5.41) is 3.08. The van der Waals surface area contributed by atoms with E-state index in [0.717, 1.165) is 37.7 Å². The van der Waals surface area contributed by atoms with Crippen LogP contribution in [0.4, 0.5) is 10.6 Å². The molecule has 2 amide bonds. The highest BCUT2D eigenvalue weighted by molar-refractivity contribution is 5.94. The first-order valence-electron chi connectivity index (χ1n) is 12.8. The maximum atomic E-state index is 12.8. The van der Waals surface area contributed by atoms with Gasteiger partial charge < -0.3 is 24.6 Å². The average Bonchev–Trinajstić information content (AvgIpc) is 2.85. The van der Waals surface area contributed by atoms with Gasteiger partial charge in [0, 0.05) is 50.2 Å². The molecule has 0 aliphatic carbocycles. The van der Waals surface area contributed by atoms with Crippen molar-refractivity contribution in [2.75, 3.05) is 31.1 Å². The van der Waals surface area contributed by atoms with Crippen LogP contribution in [0.25, 0.3) is 0 Å². The van der Waals surface area contributed by atoms with Crippen LogP contribution in [0.1, 0.15) is 63.7 Å². The Morgan fingerprint density at radius 3 is 2.22 bits per heavy atom. The molecule has 0 atom stereocenters. The maximum absolute atomic E-state index is 12.8. The standard InChI is InChI=1S/C27H37N5O4/c1-19-9-15-31(16-10-19)23-25(29-14-13-28-23)35-22-7-5-20(6-8-22)24(33)30-21-11-17-32(18-12-21)26(34)36-27(2,3)4/h5-8,13-14,19,21H,9-12,15-18H2,1-4H3,(H,30,33). The lowest BCUT2D eigenvalue weighted by atomic mass is 9.99. The predicted octanol–water partition coefficient (Wildman–Crippen LogP) is 4.63. The van der Waals surface area contributed by atoms with E-state index in [9.17, 15) is 9.59 Å². The largest absolute Gasteiger partial charge is 0.444 e. The van der Waals surface area contributed by atoms with Crippen LogP contribution in [0.3, 0.4) is 0 Å². The van der Waals surface area contributed by atoms with Gasteiger partial charge in [0.2, 0.25) is 0 Å². The molecule has 9 nitrogen and oxygen atoms in total. The molecule has 2 aliphatic heterocycles. The highest BCUT2D eigenvalue weighted by atomic mass is 16.6. The van der Waals surface area contributed by atoms with Gasteiger partial charge in [0.05, 0.1) is 0 Å². The number of carbonyl (C=O) groups excluding carboxylic acids is 2. The number of amides is 2. The third-order valence-electron chi connectivity index (χ3n) is 6.54. The highest BCUT2D eigenvalue weighted by Crippen LogP contribution is 2.31. The molecule has 2 aromatic rings. The van der Waals surface area contributed by atoms with E-state index in [1.54, 1.807) is 41.6 Å². The molecule has 4 rings (SSSR count). The number of carbonyl (C=O) groups is 2. The number of nitrogens with zero attached hydrogens (tertiary/aromatic N) is 4. The van der Waals surface area contributed by atoms with E-state index in [1.165, 1.54) is 0 Å². The number of rotatable bonds is 5. The Kier molecular flexibility index (Phi) is 7.96. The minimum atomic E-state index is -0.515. The van der Waals surface area contributed by atoms with Crippen LogP contribution in [-0.2, 0) is 4.74 Å². The second-order valence-corrected chi connectivity index (χ2v) is 10.7. The molecule has 1 aromatic carbocycles. The third kappa shape index (κ3) is 6.86. The monoisotopic (exact) mass is 495 g/mol. The quantitative estimate of drug-likeness (QED) is 0.646. The van der Waals surface area contributed by atoms with Crippen molar-refractivity contribution < 1.29 is 19.1 Å². The Hall–Kier alpha value is -3.36. The summed E-state index contributed by atoms with van der Waals surface area (Å²) in [6, 6.07) is 7.06. The molecule has 1 aromatic heterocycles.